The number of carbonyl (C=O) groups excluding carboxylic acids is 1. The van der Waals surface area contributed by atoms with E-state index in [2.05, 4.69) is 27.1 Å². The molecule has 27 heavy (non-hydrogen) atoms. The highest BCUT2D eigenvalue weighted by atomic mass is 127. The number of amides is 1. The molecular formula is C18H20IN5O3. The highest BCUT2D eigenvalue weighted by molar-refractivity contribution is 14.1. The van der Waals surface area contributed by atoms with Gasteiger partial charge in [0.1, 0.15) is 5.82 Å². The van der Waals surface area contributed by atoms with Crippen molar-refractivity contribution >= 4 is 40.0 Å². The zero-order valence-corrected chi connectivity index (χ0v) is 17.0. The first-order valence-corrected chi connectivity index (χ1v) is 9.62. The predicted octanol–water partition coefficient (Wildman–Crippen LogP) is 2.28. The van der Waals surface area contributed by atoms with Crippen molar-refractivity contribution in [2.75, 3.05) is 38.1 Å². The lowest BCUT2D eigenvalue weighted by atomic mass is 10.2. The van der Waals surface area contributed by atoms with E-state index in [-0.39, 0.29) is 11.6 Å². The number of nitrogens with one attached hydrogen (secondary N) is 1. The second-order valence-electron chi connectivity index (χ2n) is 6.42. The molecule has 3 rings (SSSR count). The van der Waals surface area contributed by atoms with Crippen molar-refractivity contribution in [3.63, 3.8) is 0 Å². The van der Waals surface area contributed by atoms with Crippen LogP contribution in [0.15, 0.2) is 36.5 Å². The van der Waals surface area contributed by atoms with Gasteiger partial charge in [0.15, 0.2) is 0 Å². The number of nitro benzene ring substituents is 1. The van der Waals surface area contributed by atoms with Crippen molar-refractivity contribution in [3.8, 4) is 0 Å². The SMILES string of the molecule is CN1CCN(c2ccc(CNC(=O)c3cc([N+](=O)[O-])ccc3I)cn2)CC1. The third-order valence-electron chi connectivity index (χ3n) is 4.49. The first-order valence-electron chi connectivity index (χ1n) is 8.54. The van der Waals surface area contributed by atoms with Crippen LogP contribution in [0.2, 0.25) is 0 Å². The van der Waals surface area contributed by atoms with Gasteiger partial charge in [0, 0.05) is 54.6 Å². The molecule has 0 spiro atoms. The number of likely N-dealkylation sites (N-methyl/N-ethyl adjacent to an activating group) is 1. The van der Waals surface area contributed by atoms with Crippen LogP contribution in [0.4, 0.5) is 11.5 Å². The van der Waals surface area contributed by atoms with Crippen molar-refractivity contribution in [2.45, 2.75) is 6.54 Å². The fraction of sp³-hybridized carbons (Fsp3) is 0.333. The van der Waals surface area contributed by atoms with Crippen molar-refractivity contribution in [1.82, 2.24) is 15.2 Å². The fourth-order valence-electron chi connectivity index (χ4n) is 2.82. The Morgan fingerprint density at radius 2 is 2.00 bits per heavy atom. The topological polar surface area (TPSA) is 91.6 Å². The summed E-state index contributed by atoms with van der Waals surface area (Å²) in [5.74, 6) is 0.595. The number of halogens is 1. The van der Waals surface area contributed by atoms with E-state index < -0.39 is 4.92 Å². The molecule has 0 saturated carbocycles. The summed E-state index contributed by atoms with van der Waals surface area (Å²) in [6.45, 7) is 4.24. The van der Waals surface area contributed by atoms with Gasteiger partial charge in [-0.3, -0.25) is 14.9 Å². The third kappa shape index (κ3) is 4.92. The normalized spacial score (nSPS) is 14.8. The number of nitro groups is 1. The number of carbonyl (C=O) groups is 1. The second kappa shape index (κ2) is 8.61. The minimum atomic E-state index is -0.506. The molecule has 9 heteroatoms. The Bertz CT molecular complexity index is 835. The van der Waals surface area contributed by atoms with Crippen LogP contribution in [0, 0.1) is 13.7 Å². The molecule has 1 aromatic heterocycles. The number of hydrogen-bond donors (Lipinski definition) is 1. The van der Waals surface area contributed by atoms with E-state index in [0.29, 0.717) is 15.7 Å². The molecule has 0 atom stereocenters. The Morgan fingerprint density at radius 1 is 1.26 bits per heavy atom. The monoisotopic (exact) mass is 481 g/mol. The summed E-state index contributed by atoms with van der Waals surface area (Å²) in [5, 5.41) is 13.7. The number of rotatable bonds is 5. The molecule has 1 fully saturated rings. The molecule has 0 unspecified atom stereocenters. The van der Waals surface area contributed by atoms with Gasteiger partial charge in [-0.25, -0.2) is 4.98 Å². The first-order chi connectivity index (χ1) is 12.9. The van der Waals surface area contributed by atoms with Crippen LogP contribution in [0.5, 0.6) is 0 Å². The Balaban J connectivity index is 1.61. The molecule has 1 aromatic carbocycles. The highest BCUT2D eigenvalue weighted by Gasteiger charge is 2.16. The largest absolute Gasteiger partial charge is 0.354 e. The summed E-state index contributed by atoms with van der Waals surface area (Å²) < 4.78 is 0.666. The molecule has 2 aromatic rings. The van der Waals surface area contributed by atoms with Crippen molar-refractivity contribution in [1.29, 1.82) is 0 Å². The fourth-order valence-corrected chi connectivity index (χ4v) is 3.40. The maximum atomic E-state index is 12.4. The van der Waals surface area contributed by atoms with E-state index in [0.717, 1.165) is 37.6 Å². The predicted molar refractivity (Wildman–Crippen MR) is 111 cm³/mol. The van der Waals surface area contributed by atoms with Gasteiger partial charge in [0.25, 0.3) is 11.6 Å². The number of anilines is 1. The Kier molecular flexibility index (Phi) is 6.22. The minimum absolute atomic E-state index is 0.0984. The number of hydrogen-bond acceptors (Lipinski definition) is 6. The lowest BCUT2D eigenvalue weighted by molar-refractivity contribution is -0.384. The molecule has 142 valence electrons. The Labute approximate surface area is 170 Å². The van der Waals surface area contributed by atoms with E-state index in [4.69, 9.17) is 0 Å². The molecule has 1 amide bonds. The molecule has 0 radical (unpaired) electrons. The minimum Gasteiger partial charge on any atom is -0.354 e. The van der Waals surface area contributed by atoms with E-state index in [1.165, 1.54) is 12.1 Å². The van der Waals surface area contributed by atoms with Crippen LogP contribution in [-0.2, 0) is 6.54 Å². The summed E-state index contributed by atoms with van der Waals surface area (Å²) >= 11 is 2.00. The molecule has 8 nitrogen and oxygen atoms in total. The molecule has 1 aliphatic heterocycles. The summed E-state index contributed by atoms with van der Waals surface area (Å²) in [5.41, 5.74) is 1.08. The number of non-ortho nitro benzene ring substituents is 1. The number of benzene rings is 1. The van der Waals surface area contributed by atoms with Crippen LogP contribution in [0.1, 0.15) is 15.9 Å². The molecule has 1 saturated heterocycles. The van der Waals surface area contributed by atoms with Crippen LogP contribution in [0.25, 0.3) is 0 Å². The second-order valence-corrected chi connectivity index (χ2v) is 7.58. The van der Waals surface area contributed by atoms with Gasteiger partial charge in [-0.15, -0.1) is 0 Å². The number of piperazine rings is 1. The van der Waals surface area contributed by atoms with E-state index >= 15 is 0 Å². The Morgan fingerprint density at radius 3 is 2.63 bits per heavy atom. The Hall–Kier alpha value is -2.27. The van der Waals surface area contributed by atoms with Gasteiger partial charge in [0.05, 0.1) is 10.5 Å². The summed E-state index contributed by atoms with van der Waals surface area (Å²) in [7, 11) is 2.11. The van der Waals surface area contributed by atoms with Gasteiger partial charge in [0.2, 0.25) is 0 Å². The van der Waals surface area contributed by atoms with Gasteiger partial charge < -0.3 is 15.1 Å². The van der Waals surface area contributed by atoms with Gasteiger partial charge in [-0.1, -0.05) is 6.07 Å². The summed E-state index contributed by atoms with van der Waals surface area (Å²) in [6.07, 6.45) is 1.76. The van der Waals surface area contributed by atoms with Crippen molar-refractivity contribution < 1.29 is 9.72 Å². The average molecular weight is 481 g/mol. The van der Waals surface area contributed by atoms with Gasteiger partial charge >= 0.3 is 0 Å². The smallest absolute Gasteiger partial charge is 0.270 e. The van der Waals surface area contributed by atoms with Crippen LogP contribution in [0.3, 0.4) is 0 Å². The lowest BCUT2D eigenvalue weighted by Gasteiger charge is -2.33. The quantitative estimate of drug-likeness (QED) is 0.401. The lowest BCUT2D eigenvalue weighted by Crippen LogP contribution is -2.44. The molecule has 2 heterocycles. The number of nitrogens with zero attached hydrogens (tertiary/aromatic N) is 4. The standard InChI is InChI=1S/C18H20IN5O3/c1-22-6-8-23(9-7-22)17-5-2-13(11-20-17)12-21-18(25)15-10-14(24(26)27)3-4-16(15)19/h2-5,10-11H,6-9,12H2,1H3,(H,21,25). The van der Waals surface area contributed by atoms with Crippen LogP contribution in [-0.4, -0.2) is 53.9 Å². The molecule has 0 bridgehead atoms. The summed E-state index contributed by atoms with van der Waals surface area (Å²) in [6, 6.07) is 8.16. The maximum absolute atomic E-state index is 12.4. The molecule has 1 aliphatic rings. The van der Waals surface area contributed by atoms with Gasteiger partial charge in [-0.05, 0) is 47.3 Å². The molecule has 1 N–H and O–H groups in total. The van der Waals surface area contributed by atoms with Gasteiger partial charge in [-0.2, -0.15) is 0 Å². The molecular weight excluding hydrogens is 461 g/mol. The summed E-state index contributed by atoms with van der Waals surface area (Å²) in [4.78, 5) is 31.8. The third-order valence-corrected chi connectivity index (χ3v) is 5.44. The van der Waals surface area contributed by atoms with Crippen LogP contribution >= 0.6 is 22.6 Å². The number of pyridine rings is 1. The first kappa shape index (κ1) is 19.5. The van der Waals surface area contributed by atoms with E-state index in [1.54, 1.807) is 12.3 Å². The van der Waals surface area contributed by atoms with Crippen molar-refractivity contribution in [3.05, 3.63) is 61.3 Å². The zero-order valence-electron chi connectivity index (χ0n) is 14.9. The van der Waals surface area contributed by atoms with E-state index in [9.17, 15) is 14.9 Å². The zero-order chi connectivity index (χ0) is 19.4. The van der Waals surface area contributed by atoms with Crippen molar-refractivity contribution in [2.24, 2.45) is 0 Å². The molecule has 0 aliphatic carbocycles. The number of aromatic nitrogens is 1. The maximum Gasteiger partial charge on any atom is 0.270 e. The highest BCUT2D eigenvalue weighted by Crippen LogP contribution is 2.20. The average Bonchev–Trinajstić information content (AvgIpc) is 2.67. The van der Waals surface area contributed by atoms with E-state index in [1.807, 2.05) is 34.7 Å². The van der Waals surface area contributed by atoms with Crippen LogP contribution < -0.4 is 10.2 Å².